The molecular weight excluding hydrogens is 200 g/mol. The van der Waals surface area contributed by atoms with Crippen LogP contribution in [-0.2, 0) is 11.8 Å². The molecule has 6 heteroatoms. The maximum absolute atomic E-state index is 11.2. The van der Waals surface area contributed by atoms with Crippen molar-refractivity contribution in [2.75, 3.05) is 16.8 Å². The van der Waals surface area contributed by atoms with Gasteiger partial charge in [-0.1, -0.05) is 0 Å². The van der Waals surface area contributed by atoms with Crippen LogP contribution >= 0.6 is 11.8 Å². The molecule has 1 aromatic rings. The summed E-state index contributed by atoms with van der Waals surface area (Å²) >= 11 is 1.40. The van der Waals surface area contributed by atoms with Gasteiger partial charge in [-0.05, 0) is 0 Å². The standard InChI is InChI=1S/C8H12N4OS/c1-12-4-7(10-6-12)11-8(13)5-14-3-2-9/h2,4,6,9H,3,5H2,1H3,(H,11,13). The molecule has 0 aromatic carbocycles. The smallest absolute Gasteiger partial charge is 0.235 e. The van der Waals surface area contributed by atoms with Crippen LogP contribution in [0.3, 0.4) is 0 Å². The Bertz CT molecular complexity index is 323. The van der Waals surface area contributed by atoms with E-state index in [4.69, 9.17) is 5.41 Å². The van der Waals surface area contributed by atoms with Crippen molar-refractivity contribution in [1.82, 2.24) is 9.55 Å². The number of carbonyl (C=O) groups excluding carboxylic acids is 1. The van der Waals surface area contributed by atoms with Crippen LogP contribution in [0.25, 0.3) is 0 Å². The molecule has 1 amide bonds. The summed E-state index contributed by atoms with van der Waals surface area (Å²) in [5, 5.41) is 9.43. The first-order valence-corrected chi connectivity index (χ1v) is 5.22. The number of anilines is 1. The number of carbonyl (C=O) groups is 1. The van der Waals surface area contributed by atoms with Crippen molar-refractivity contribution in [2.45, 2.75) is 0 Å². The Labute approximate surface area is 86.4 Å². The Morgan fingerprint density at radius 2 is 2.64 bits per heavy atom. The Hall–Kier alpha value is -1.30. The quantitative estimate of drug-likeness (QED) is 0.558. The molecular formula is C8H12N4OS. The van der Waals surface area contributed by atoms with Crippen molar-refractivity contribution < 1.29 is 4.79 Å². The number of imidazole rings is 1. The Morgan fingerprint density at radius 3 is 3.21 bits per heavy atom. The number of hydrogen-bond acceptors (Lipinski definition) is 4. The van der Waals surface area contributed by atoms with Gasteiger partial charge in [0.15, 0.2) is 5.82 Å². The first-order valence-electron chi connectivity index (χ1n) is 4.07. The summed E-state index contributed by atoms with van der Waals surface area (Å²) in [5.41, 5.74) is 0. The van der Waals surface area contributed by atoms with Crippen LogP contribution in [0, 0.1) is 5.41 Å². The number of hydrogen-bond donors (Lipinski definition) is 2. The van der Waals surface area contributed by atoms with E-state index in [2.05, 4.69) is 10.3 Å². The molecule has 0 unspecified atom stereocenters. The van der Waals surface area contributed by atoms with Crippen molar-refractivity contribution in [2.24, 2.45) is 7.05 Å². The monoisotopic (exact) mass is 212 g/mol. The van der Waals surface area contributed by atoms with Crippen molar-refractivity contribution in [3.63, 3.8) is 0 Å². The molecule has 0 spiro atoms. The molecule has 0 aliphatic heterocycles. The first-order chi connectivity index (χ1) is 6.72. The molecule has 1 aromatic heterocycles. The average molecular weight is 212 g/mol. The highest BCUT2D eigenvalue weighted by Gasteiger charge is 2.03. The highest BCUT2D eigenvalue weighted by atomic mass is 32.2. The number of aryl methyl sites for hydroxylation is 1. The van der Waals surface area contributed by atoms with Crippen molar-refractivity contribution in [1.29, 1.82) is 5.41 Å². The van der Waals surface area contributed by atoms with Crippen LogP contribution in [-0.4, -0.2) is 33.2 Å². The number of nitrogens with zero attached hydrogens (tertiary/aromatic N) is 2. The molecule has 5 nitrogen and oxygen atoms in total. The van der Waals surface area contributed by atoms with E-state index in [9.17, 15) is 4.79 Å². The van der Waals surface area contributed by atoms with Crippen LogP contribution in [0.2, 0.25) is 0 Å². The van der Waals surface area contributed by atoms with Crippen molar-refractivity contribution in [3.8, 4) is 0 Å². The summed E-state index contributed by atoms with van der Waals surface area (Å²) in [4.78, 5) is 15.2. The second kappa shape index (κ2) is 5.43. The molecule has 0 saturated heterocycles. The number of rotatable bonds is 5. The molecule has 0 aliphatic carbocycles. The van der Waals surface area contributed by atoms with E-state index in [0.717, 1.165) is 0 Å². The average Bonchev–Trinajstić information content (AvgIpc) is 2.52. The van der Waals surface area contributed by atoms with Gasteiger partial charge >= 0.3 is 0 Å². The SMILES string of the molecule is Cn1cnc(NC(=O)CSCC=N)c1. The minimum Gasteiger partial charge on any atom is -0.338 e. The molecule has 0 bridgehead atoms. The zero-order valence-electron chi connectivity index (χ0n) is 7.86. The molecule has 76 valence electrons. The third-order valence-corrected chi connectivity index (χ3v) is 2.28. The fraction of sp³-hybridized carbons (Fsp3) is 0.375. The van der Waals surface area contributed by atoms with Crippen LogP contribution in [0.1, 0.15) is 0 Å². The normalized spacial score (nSPS) is 9.79. The largest absolute Gasteiger partial charge is 0.338 e. The predicted octanol–water partition coefficient (Wildman–Crippen LogP) is 0.741. The van der Waals surface area contributed by atoms with E-state index in [1.165, 1.54) is 18.0 Å². The topological polar surface area (TPSA) is 70.8 Å². The van der Waals surface area contributed by atoms with Crippen LogP contribution in [0.15, 0.2) is 12.5 Å². The van der Waals surface area contributed by atoms with Gasteiger partial charge in [0, 0.05) is 25.2 Å². The van der Waals surface area contributed by atoms with Crippen molar-refractivity contribution in [3.05, 3.63) is 12.5 Å². The second-order valence-electron chi connectivity index (χ2n) is 2.69. The zero-order chi connectivity index (χ0) is 10.4. The Morgan fingerprint density at radius 1 is 1.86 bits per heavy atom. The first kappa shape index (κ1) is 10.8. The Kier molecular flexibility index (Phi) is 4.18. The van der Waals surface area contributed by atoms with E-state index < -0.39 is 0 Å². The zero-order valence-corrected chi connectivity index (χ0v) is 8.67. The molecule has 0 saturated carbocycles. The Balaban J connectivity index is 2.30. The van der Waals surface area contributed by atoms with Gasteiger partial charge in [-0.3, -0.25) is 4.79 Å². The molecule has 0 radical (unpaired) electrons. The summed E-state index contributed by atoms with van der Waals surface area (Å²) in [7, 11) is 1.84. The van der Waals surface area contributed by atoms with Gasteiger partial charge in [0.1, 0.15) is 0 Å². The van der Waals surface area contributed by atoms with Crippen LogP contribution in [0.5, 0.6) is 0 Å². The minimum atomic E-state index is -0.0875. The highest BCUT2D eigenvalue weighted by molar-refractivity contribution is 8.00. The minimum absolute atomic E-state index is 0.0875. The number of amides is 1. The fourth-order valence-corrected chi connectivity index (χ4v) is 1.36. The molecule has 0 fully saturated rings. The summed E-state index contributed by atoms with van der Waals surface area (Å²) in [6.07, 6.45) is 4.64. The molecule has 2 N–H and O–H groups in total. The molecule has 1 heterocycles. The van der Waals surface area contributed by atoms with Gasteiger partial charge < -0.3 is 15.3 Å². The third kappa shape index (κ3) is 3.61. The van der Waals surface area contributed by atoms with Crippen LogP contribution < -0.4 is 5.32 Å². The molecule has 1 rings (SSSR count). The summed E-state index contributed by atoms with van der Waals surface area (Å²) in [6.45, 7) is 0. The van der Waals surface area contributed by atoms with Gasteiger partial charge in [0.25, 0.3) is 0 Å². The predicted molar refractivity (Wildman–Crippen MR) is 57.9 cm³/mol. The lowest BCUT2D eigenvalue weighted by Gasteiger charge is -1.99. The van der Waals surface area contributed by atoms with Crippen molar-refractivity contribution >= 4 is 29.7 Å². The van der Waals surface area contributed by atoms with Gasteiger partial charge in [-0.25, -0.2) is 4.98 Å². The van der Waals surface area contributed by atoms with E-state index in [-0.39, 0.29) is 5.91 Å². The summed E-state index contributed by atoms with van der Waals surface area (Å²) in [5.74, 6) is 1.39. The molecule has 14 heavy (non-hydrogen) atoms. The summed E-state index contributed by atoms with van der Waals surface area (Å²) in [6, 6.07) is 0. The van der Waals surface area contributed by atoms with E-state index in [0.29, 0.717) is 17.3 Å². The summed E-state index contributed by atoms with van der Waals surface area (Å²) < 4.78 is 1.76. The van der Waals surface area contributed by atoms with Crippen LogP contribution in [0.4, 0.5) is 5.82 Å². The maximum Gasteiger partial charge on any atom is 0.235 e. The molecule has 0 atom stereocenters. The van der Waals surface area contributed by atoms with E-state index in [1.807, 2.05) is 7.05 Å². The van der Waals surface area contributed by atoms with Gasteiger partial charge in [0.2, 0.25) is 5.91 Å². The number of thioether (sulfide) groups is 1. The highest BCUT2D eigenvalue weighted by Crippen LogP contribution is 2.03. The number of aromatic nitrogens is 2. The van der Waals surface area contributed by atoms with E-state index >= 15 is 0 Å². The fourth-order valence-electron chi connectivity index (χ4n) is 0.867. The third-order valence-electron chi connectivity index (χ3n) is 1.41. The lowest BCUT2D eigenvalue weighted by Crippen LogP contribution is -2.14. The van der Waals surface area contributed by atoms with E-state index in [1.54, 1.807) is 17.1 Å². The lowest BCUT2D eigenvalue weighted by molar-refractivity contribution is -0.113. The lowest BCUT2D eigenvalue weighted by atomic mass is 10.6. The van der Waals surface area contributed by atoms with Gasteiger partial charge in [-0.2, -0.15) is 0 Å². The van der Waals surface area contributed by atoms with Gasteiger partial charge in [0.05, 0.1) is 12.1 Å². The molecule has 0 aliphatic rings. The number of nitrogens with one attached hydrogen (secondary N) is 2. The maximum atomic E-state index is 11.2. The second-order valence-corrected chi connectivity index (χ2v) is 3.72. The van der Waals surface area contributed by atoms with Gasteiger partial charge in [-0.15, -0.1) is 11.8 Å².